The van der Waals surface area contributed by atoms with Crippen molar-refractivity contribution >= 4 is 5.96 Å². The molecule has 128 valence electrons. The van der Waals surface area contributed by atoms with Crippen molar-refractivity contribution in [2.24, 2.45) is 10.9 Å². The average Bonchev–Trinajstić information content (AvgIpc) is 3.28. The fourth-order valence-corrected chi connectivity index (χ4v) is 2.77. The van der Waals surface area contributed by atoms with E-state index in [2.05, 4.69) is 60.7 Å². The minimum Gasteiger partial charge on any atom is -0.381 e. The molecule has 2 N–H and O–H groups in total. The van der Waals surface area contributed by atoms with Gasteiger partial charge in [-0.1, -0.05) is 38.1 Å². The van der Waals surface area contributed by atoms with Crippen molar-refractivity contribution in [3.05, 3.63) is 35.4 Å². The van der Waals surface area contributed by atoms with Gasteiger partial charge in [-0.25, -0.2) is 0 Å². The van der Waals surface area contributed by atoms with Crippen LogP contribution in [-0.2, 0) is 4.74 Å². The van der Waals surface area contributed by atoms with Gasteiger partial charge in [0.1, 0.15) is 0 Å². The summed E-state index contributed by atoms with van der Waals surface area (Å²) in [5.41, 5.74) is 2.84. The Kier molecular flexibility index (Phi) is 6.90. The molecule has 0 heterocycles. The molecule has 0 aromatic heterocycles. The second kappa shape index (κ2) is 8.92. The van der Waals surface area contributed by atoms with E-state index >= 15 is 0 Å². The van der Waals surface area contributed by atoms with Gasteiger partial charge in [-0.05, 0) is 36.8 Å². The zero-order chi connectivity index (χ0) is 16.7. The zero-order valence-electron chi connectivity index (χ0n) is 14.9. The molecular formula is C19H31N3O. The van der Waals surface area contributed by atoms with Crippen molar-refractivity contribution in [3.8, 4) is 0 Å². The van der Waals surface area contributed by atoms with E-state index in [9.17, 15) is 0 Å². The number of hydrogen-bond donors (Lipinski definition) is 2. The number of rotatable bonds is 8. The number of hydrogen-bond acceptors (Lipinski definition) is 2. The maximum absolute atomic E-state index is 5.59. The number of guanidine groups is 1. The summed E-state index contributed by atoms with van der Waals surface area (Å²) in [4.78, 5) is 4.32. The van der Waals surface area contributed by atoms with Crippen LogP contribution < -0.4 is 10.6 Å². The van der Waals surface area contributed by atoms with Crippen molar-refractivity contribution in [2.75, 3.05) is 26.8 Å². The highest BCUT2D eigenvalue weighted by atomic mass is 16.5. The van der Waals surface area contributed by atoms with Gasteiger partial charge in [0.05, 0.1) is 0 Å². The second-order valence-electron chi connectivity index (χ2n) is 6.77. The molecule has 0 saturated heterocycles. The van der Waals surface area contributed by atoms with Crippen LogP contribution in [-0.4, -0.2) is 38.8 Å². The van der Waals surface area contributed by atoms with Crippen LogP contribution in [0.5, 0.6) is 0 Å². The molecule has 2 unspecified atom stereocenters. The molecule has 4 heteroatoms. The molecule has 1 aromatic rings. The highest BCUT2D eigenvalue weighted by Crippen LogP contribution is 2.41. The molecule has 0 aliphatic heterocycles. The molecule has 23 heavy (non-hydrogen) atoms. The summed E-state index contributed by atoms with van der Waals surface area (Å²) in [6.45, 7) is 9.06. The molecule has 1 aliphatic rings. The number of benzene rings is 1. The summed E-state index contributed by atoms with van der Waals surface area (Å²) < 4.78 is 5.59. The summed E-state index contributed by atoms with van der Waals surface area (Å²) in [6.07, 6.45) is 2.18. The van der Waals surface area contributed by atoms with E-state index in [0.717, 1.165) is 32.1 Å². The average molecular weight is 317 g/mol. The minimum atomic E-state index is 0.500. The number of nitrogens with one attached hydrogen (secondary N) is 2. The Morgan fingerprint density at radius 2 is 2.13 bits per heavy atom. The summed E-state index contributed by atoms with van der Waals surface area (Å²) in [6, 6.07) is 9.16. The van der Waals surface area contributed by atoms with Gasteiger partial charge >= 0.3 is 0 Å². The quantitative estimate of drug-likeness (QED) is 0.440. The minimum absolute atomic E-state index is 0.500. The van der Waals surface area contributed by atoms with Crippen molar-refractivity contribution < 1.29 is 4.74 Å². The van der Waals surface area contributed by atoms with Crippen molar-refractivity contribution in [1.82, 2.24) is 10.6 Å². The van der Waals surface area contributed by atoms with E-state index in [1.807, 2.05) is 7.05 Å². The standard InChI is InChI=1S/C19H31N3O/c1-14(2)13-23-11-7-10-21-19(20-4)22-18-12-17(18)16-9-6-5-8-15(16)3/h5-6,8-9,14,17-18H,7,10-13H2,1-4H3,(H2,20,21,22). The number of aliphatic imine (C=N–C) groups is 1. The van der Waals surface area contributed by atoms with Gasteiger partial charge in [0.25, 0.3) is 0 Å². The Bertz CT molecular complexity index is 513. The lowest BCUT2D eigenvalue weighted by atomic mass is 10.0. The van der Waals surface area contributed by atoms with Crippen LogP contribution in [0, 0.1) is 12.8 Å². The number of aryl methyl sites for hydroxylation is 1. The maximum atomic E-state index is 5.59. The lowest BCUT2D eigenvalue weighted by molar-refractivity contribution is 0.108. The lowest BCUT2D eigenvalue weighted by Gasteiger charge is -2.13. The van der Waals surface area contributed by atoms with E-state index in [1.165, 1.54) is 17.5 Å². The maximum Gasteiger partial charge on any atom is 0.191 e. The molecule has 4 nitrogen and oxygen atoms in total. The molecule has 2 atom stereocenters. The smallest absolute Gasteiger partial charge is 0.191 e. The van der Waals surface area contributed by atoms with E-state index < -0.39 is 0 Å². The third-order valence-electron chi connectivity index (χ3n) is 4.13. The molecule has 1 fully saturated rings. The van der Waals surface area contributed by atoms with Gasteiger partial charge in [-0.2, -0.15) is 0 Å². The first kappa shape index (κ1) is 17.8. The largest absolute Gasteiger partial charge is 0.381 e. The third kappa shape index (κ3) is 5.87. The fraction of sp³-hybridized carbons (Fsp3) is 0.632. The summed E-state index contributed by atoms with van der Waals surface area (Å²) in [5.74, 6) is 2.12. The summed E-state index contributed by atoms with van der Waals surface area (Å²) in [7, 11) is 1.83. The molecule has 1 aromatic carbocycles. The highest BCUT2D eigenvalue weighted by Gasteiger charge is 2.39. The monoisotopic (exact) mass is 317 g/mol. The molecule has 0 bridgehead atoms. The third-order valence-corrected chi connectivity index (χ3v) is 4.13. The Morgan fingerprint density at radius 1 is 1.35 bits per heavy atom. The van der Waals surface area contributed by atoms with Crippen molar-refractivity contribution in [2.45, 2.75) is 45.6 Å². The van der Waals surface area contributed by atoms with Gasteiger partial charge in [-0.3, -0.25) is 4.99 Å². The first-order chi connectivity index (χ1) is 11.1. The van der Waals surface area contributed by atoms with E-state index in [1.54, 1.807) is 0 Å². The van der Waals surface area contributed by atoms with Crippen LogP contribution in [0.2, 0.25) is 0 Å². The normalized spacial score (nSPS) is 20.7. The molecule has 2 rings (SSSR count). The Morgan fingerprint density at radius 3 is 2.83 bits per heavy atom. The SMILES string of the molecule is CN=C(NCCCOCC(C)C)NC1CC1c1ccccc1C. The highest BCUT2D eigenvalue weighted by molar-refractivity contribution is 5.80. The molecular weight excluding hydrogens is 286 g/mol. The number of ether oxygens (including phenoxy) is 1. The van der Waals surface area contributed by atoms with Crippen LogP contribution in [0.1, 0.15) is 43.7 Å². The Labute approximate surface area is 140 Å². The molecule has 0 amide bonds. The van der Waals surface area contributed by atoms with E-state index in [0.29, 0.717) is 17.9 Å². The van der Waals surface area contributed by atoms with Gasteiger partial charge in [0.15, 0.2) is 5.96 Å². The lowest BCUT2D eigenvalue weighted by Crippen LogP contribution is -2.39. The van der Waals surface area contributed by atoms with Crippen molar-refractivity contribution in [1.29, 1.82) is 0 Å². The van der Waals surface area contributed by atoms with E-state index in [-0.39, 0.29) is 0 Å². The topological polar surface area (TPSA) is 45.7 Å². The molecule has 0 radical (unpaired) electrons. The first-order valence-corrected chi connectivity index (χ1v) is 8.72. The van der Waals surface area contributed by atoms with Crippen LogP contribution in [0.25, 0.3) is 0 Å². The Balaban J connectivity index is 1.66. The van der Waals surface area contributed by atoms with Crippen LogP contribution >= 0.6 is 0 Å². The van der Waals surface area contributed by atoms with E-state index in [4.69, 9.17) is 4.74 Å². The first-order valence-electron chi connectivity index (χ1n) is 8.72. The predicted octanol–water partition coefficient (Wildman–Crippen LogP) is 3.08. The van der Waals surface area contributed by atoms with Gasteiger partial charge in [0, 0.05) is 38.8 Å². The second-order valence-corrected chi connectivity index (χ2v) is 6.77. The van der Waals surface area contributed by atoms with Crippen LogP contribution in [0.4, 0.5) is 0 Å². The van der Waals surface area contributed by atoms with Gasteiger partial charge in [-0.15, -0.1) is 0 Å². The molecule has 0 spiro atoms. The zero-order valence-corrected chi connectivity index (χ0v) is 14.9. The van der Waals surface area contributed by atoms with Crippen LogP contribution in [0.3, 0.4) is 0 Å². The summed E-state index contributed by atoms with van der Waals surface area (Å²) >= 11 is 0. The van der Waals surface area contributed by atoms with Crippen LogP contribution in [0.15, 0.2) is 29.3 Å². The molecule has 1 aliphatic carbocycles. The predicted molar refractivity (Wildman–Crippen MR) is 97.1 cm³/mol. The van der Waals surface area contributed by atoms with Gasteiger partial charge in [0.2, 0.25) is 0 Å². The fourth-order valence-electron chi connectivity index (χ4n) is 2.77. The summed E-state index contributed by atoms with van der Waals surface area (Å²) in [5, 5.41) is 6.90. The number of nitrogens with zero attached hydrogens (tertiary/aromatic N) is 1. The van der Waals surface area contributed by atoms with Crippen molar-refractivity contribution in [3.63, 3.8) is 0 Å². The molecule has 1 saturated carbocycles. The van der Waals surface area contributed by atoms with Gasteiger partial charge < -0.3 is 15.4 Å². The Hall–Kier alpha value is -1.55.